The molecule has 1 aliphatic heterocycles. The molecule has 100 valence electrons. The van der Waals surface area contributed by atoms with Crippen LogP contribution in [-0.2, 0) is 0 Å². The average molecular weight is 250 g/mol. The van der Waals surface area contributed by atoms with Crippen molar-refractivity contribution in [2.45, 2.75) is 32.4 Å². The van der Waals surface area contributed by atoms with Crippen molar-refractivity contribution in [2.75, 3.05) is 13.1 Å². The fraction of sp³-hybridized carbons (Fsp3) is 0.571. The molecule has 0 saturated carbocycles. The lowest BCUT2D eigenvalue weighted by atomic mass is 9.92. The van der Waals surface area contributed by atoms with Crippen molar-refractivity contribution in [1.29, 1.82) is 0 Å². The van der Waals surface area contributed by atoms with E-state index in [1.54, 1.807) is 18.2 Å². The molecule has 2 rings (SSSR count). The number of hydrogen-bond donors (Lipinski definition) is 3. The summed E-state index contributed by atoms with van der Waals surface area (Å²) in [6.07, 6.45) is 0.958. The van der Waals surface area contributed by atoms with Gasteiger partial charge in [0.05, 0.1) is 5.56 Å². The minimum Gasteiger partial charge on any atom is -0.507 e. The van der Waals surface area contributed by atoms with E-state index >= 15 is 0 Å². The van der Waals surface area contributed by atoms with Crippen LogP contribution < -0.4 is 5.73 Å². The molecule has 1 aromatic rings. The van der Waals surface area contributed by atoms with Crippen molar-refractivity contribution in [3.05, 3.63) is 23.8 Å². The number of rotatable bonds is 2. The maximum atomic E-state index is 9.90. The van der Waals surface area contributed by atoms with E-state index in [1.165, 1.54) is 0 Å². The van der Waals surface area contributed by atoms with E-state index in [0.717, 1.165) is 19.5 Å². The van der Waals surface area contributed by atoms with Gasteiger partial charge >= 0.3 is 0 Å². The second kappa shape index (κ2) is 5.16. The minimum atomic E-state index is 0.00106. The molecule has 0 bridgehead atoms. The number of nitrogens with zero attached hydrogens (tertiary/aromatic N) is 1. The number of piperidine rings is 1. The Hall–Kier alpha value is -1.26. The molecular formula is C14H22N2O2. The molecule has 1 fully saturated rings. The Morgan fingerprint density at radius 3 is 2.50 bits per heavy atom. The number of aromatic hydroxyl groups is 2. The zero-order valence-electron chi connectivity index (χ0n) is 11.0. The van der Waals surface area contributed by atoms with Gasteiger partial charge in [0.15, 0.2) is 0 Å². The lowest BCUT2D eigenvalue weighted by Crippen LogP contribution is -2.46. The van der Waals surface area contributed by atoms with Crippen LogP contribution in [0.1, 0.15) is 31.9 Å². The van der Waals surface area contributed by atoms with Crippen molar-refractivity contribution in [2.24, 2.45) is 11.7 Å². The highest BCUT2D eigenvalue weighted by atomic mass is 16.3. The van der Waals surface area contributed by atoms with Crippen LogP contribution in [0.3, 0.4) is 0 Å². The first kappa shape index (κ1) is 13.2. The summed E-state index contributed by atoms with van der Waals surface area (Å²) >= 11 is 0. The molecule has 1 heterocycles. The molecule has 0 amide bonds. The van der Waals surface area contributed by atoms with Crippen LogP contribution in [0, 0.1) is 5.92 Å². The quantitative estimate of drug-likeness (QED) is 0.749. The summed E-state index contributed by atoms with van der Waals surface area (Å²) < 4.78 is 0. The van der Waals surface area contributed by atoms with Crippen LogP contribution in [0.15, 0.2) is 18.2 Å². The van der Waals surface area contributed by atoms with Gasteiger partial charge in [-0.3, -0.25) is 4.90 Å². The van der Waals surface area contributed by atoms with Gasteiger partial charge in [-0.25, -0.2) is 0 Å². The summed E-state index contributed by atoms with van der Waals surface area (Å²) in [5.41, 5.74) is 6.62. The van der Waals surface area contributed by atoms with Gasteiger partial charge in [0, 0.05) is 25.2 Å². The van der Waals surface area contributed by atoms with Crippen LogP contribution in [0.4, 0.5) is 0 Å². The summed E-state index contributed by atoms with van der Waals surface area (Å²) in [5.74, 6) is 0.754. The molecule has 0 aromatic heterocycles. The van der Waals surface area contributed by atoms with Gasteiger partial charge in [-0.15, -0.1) is 0 Å². The van der Waals surface area contributed by atoms with E-state index in [1.807, 2.05) is 6.92 Å². The Bertz CT molecular complexity index is 402. The second-order valence-electron chi connectivity index (χ2n) is 5.31. The summed E-state index contributed by atoms with van der Waals surface area (Å²) in [7, 11) is 0. The van der Waals surface area contributed by atoms with Gasteiger partial charge in [0.25, 0.3) is 0 Å². The fourth-order valence-electron chi connectivity index (χ4n) is 2.70. The summed E-state index contributed by atoms with van der Waals surface area (Å²) in [6, 6.07) is 5.14. The van der Waals surface area contributed by atoms with Crippen LogP contribution in [0.25, 0.3) is 0 Å². The lowest BCUT2D eigenvalue weighted by Gasteiger charge is -2.39. The van der Waals surface area contributed by atoms with Crippen molar-refractivity contribution in [1.82, 2.24) is 4.90 Å². The number of likely N-dealkylation sites (tertiary alicyclic amines) is 1. The Labute approximate surface area is 108 Å². The van der Waals surface area contributed by atoms with E-state index in [9.17, 15) is 10.2 Å². The average Bonchev–Trinajstić information content (AvgIpc) is 2.32. The molecule has 4 heteroatoms. The van der Waals surface area contributed by atoms with Crippen molar-refractivity contribution >= 4 is 0 Å². The molecule has 4 nitrogen and oxygen atoms in total. The Balaban J connectivity index is 2.19. The van der Waals surface area contributed by atoms with Gasteiger partial charge in [0.2, 0.25) is 0 Å². The third-order valence-corrected chi connectivity index (χ3v) is 4.03. The molecular weight excluding hydrogens is 228 g/mol. The summed E-state index contributed by atoms with van der Waals surface area (Å²) in [4.78, 5) is 2.27. The van der Waals surface area contributed by atoms with Crippen molar-refractivity contribution in [3.63, 3.8) is 0 Å². The highest BCUT2D eigenvalue weighted by molar-refractivity contribution is 5.45. The summed E-state index contributed by atoms with van der Waals surface area (Å²) in [6.45, 7) is 5.96. The first-order valence-corrected chi connectivity index (χ1v) is 6.51. The van der Waals surface area contributed by atoms with Gasteiger partial charge in [-0.2, -0.15) is 0 Å². The smallest absolute Gasteiger partial charge is 0.124 e. The number of phenolic OH excluding ortho intramolecular Hbond substituents is 2. The predicted molar refractivity (Wildman–Crippen MR) is 71.5 cm³/mol. The third-order valence-electron chi connectivity index (χ3n) is 4.03. The maximum Gasteiger partial charge on any atom is 0.124 e. The minimum absolute atomic E-state index is 0.00106. The van der Waals surface area contributed by atoms with Gasteiger partial charge in [-0.05, 0) is 31.4 Å². The molecule has 1 aromatic carbocycles. The van der Waals surface area contributed by atoms with E-state index < -0.39 is 0 Å². The Morgan fingerprint density at radius 1 is 1.33 bits per heavy atom. The highest BCUT2D eigenvalue weighted by Crippen LogP contribution is 2.36. The normalized spacial score (nSPS) is 27.1. The third kappa shape index (κ3) is 2.44. The zero-order valence-corrected chi connectivity index (χ0v) is 11.0. The molecule has 3 atom stereocenters. The van der Waals surface area contributed by atoms with E-state index in [4.69, 9.17) is 5.73 Å². The first-order valence-electron chi connectivity index (χ1n) is 6.51. The first-order chi connectivity index (χ1) is 8.50. The van der Waals surface area contributed by atoms with Gasteiger partial charge in [-0.1, -0.05) is 13.0 Å². The SMILES string of the molecule is CC1CN(C(C)c2c(O)cccc2O)CCC1N. The molecule has 0 aliphatic carbocycles. The van der Waals surface area contributed by atoms with Crippen molar-refractivity contribution in [3.8, 4) is 11.5 Å². The van der Waals surface area contributed by atoms with Crippen molar-refractivity contribution < 1.29 is 10.2 Å². The van der Waals surface area contributed by atoms with E-state index in [2.05, 4.69) is 11.8 Å². The molecule has 3 unspecified atom stereocenters. The van der Waals surface area contributed by atoms with E-state index in [-0.39, 0.29) is 23.6 Å². The molecule has 1 aliphatic rings. The topological polar surface area (TPSA) is 69.7 Å². The lowest BCUT2D eigenvalue weighted by molar-refractivity contribution is 0.121. The predicted octanol–water partition coefficient (Wildman–Crippen LogP) is 1.83. The number of nitrogens with two attached hydrogens (primary N) is 1. The molecule has 0 spiro atoms. The van der Waals surface area contributed by atoms with E-state index in [0.29, 0.717) is 11.5 Å². The second-order valence-corrected chi connectivity index (χ2v) is 5.31. The highest BCUT2D eigenvalue weighted by Gasteiger charge is 2.28. The summed E-state index contributed by atoms with van der Waals surface area (Å²) in [5, 5.41) is 19.8. The Kier molecular flexibility index (Phi) is 3.78. The van der Waals surface area contributed by atoms with Crippen LogP contribution in [-0.4, -0.2) is 34.2 Å². The number of phenols is 2. The largest absolute Gasteiger partial charge is 0.507 e. The van der Waals surface area contributed by atoms with Crippen LogP contribution in [0.2, 0.25) is 0 Å². The van der Waals surface area contributed by atoms with Gasteiger partial charge in [0.1, 0.15) is 11.5 Å². The zero-order chi connectivity index (χ0) is 13.3. The monoisotopic (exact) mass is 250 g/mol. The number of benzene rings is 1. The maximum absolute atomic E-state index is 9.90. The van der Waals surface area contributed by atoms with Crippen LogP contribution in [0.5, 0.6) is 11.5 Å². The van der Waals surface area contributed by atoms with Crippen LogP contribution >= 0.6 is 0 Å². The number of hydrogen-bond acceptors (Lipinski definition) is 4. The standard InChI is InChI=1S/C14H22N2O2/c1-9-8-16(7-6-11(9)15)10(2)14-12(17)4-3-5-13(14)18/h3-5,9-11,17-18H,6-8,15H2,1-2H3. The Morgan fingerprint density at radius 2 is 1.94 bits per heavy atom. The molecule has 18 heavy (non-hydrogen) atoms. The molecule has 1 saturated heterocycles. The van der Waals surface area contributed by atoms with Gasteiger partial charge < -0.3 is 15.9 Å². The molecule has 0 radical (unpaired) electrons. The fourth-order valence-corrected chi connectivity index (χ4v) is 2.70. The molecule has 4 N–H and O–H groups in total.